The number of benzene rings is 1. The number of esters is 1. The van der Waals surface area contributed by atoms with Crippen molar-refractivity contribution in [3.8, 4) is 0 Å². The van der Waals surface area contributed by atoms with Gasteiger partial charge in [0.15, 0.2) is 0 Å². The van der Waals surface area contributed by atoms with Crippen LogP contribution in [0.15, 0.2) is 24.3 Å². The third-order valence-electron chi connectivity index (χ3n) is 2.37. The van der Waals surface area contributed by atoms with E-state index in [4.69, 9.17) is 5.73 Å². The van der Waals surface area contributed by atoms with Crippen molar-refractivity contribution in [2.24, 2.45) is 5.73 Å². The summed E-state index contributed by atoms with van der Waals surface area (Å²) in [5.41, 5.74) is 3.83. The van der Waals surface area contributed by atoms with Gasteiger partial charge in [0.05, 0.1) is 11.6 Å². The summed E-state index contributed by atoms with van der Waals surface area (Å²) in [6.45, 7) is 0. The normalized spacial score (nSPS) is 15.4. The molecule has 0 fully saturated rings. The monoisotopic (exact) mass is 317 g/mol. The molecule has 0 heterocycles. The van der Waals surface area contributed by atoms with Crippen LogP contribution < -0.4 is 5.73 Å². The molecular weight excluding hydrogens is 308 g/mol. The molecule has 1 rings (SSSR count). The van der Waals surface area contributed by atoms with Gasteiger partial charge in [-0.2, -0.15) is 26.3 Å². The Morgan fingerprint density at radius 1 is 1.19 bits per heavy atom. The lowest BCUT2D eigenvalue weighted by molar-refractivity contribution is -0.221. The van der Waals surface area contributed by atoms with Crippen molar-refractivity contribution in [1.29, 1.82) is 0 Å². The van der Waals surface area contributed by atoms with E-state index in [-0.39, 0.29) is 5.56 Å². The summed E-state index contributed by atoms with van der Waals surface area (Å²) >= 11 is 0. The van der Waals surface area contributed by atoms with E-state index in [2.05, 4.69) is 4.74 Å². The van der Waals surface area contributed by atoms with E-state index in [0.29, 0.717) is 12.1 Å². The predicted molar refractivity (Wildman–Crippen MR) is 56.5 cm³/mol. The lowest BCUT2D eigenvalue weighted by Crippen LogP contribution is -2.36. The van der Waals surface area contributed by atoms with Gasteiger partial charge < -0.3 is 15.6 Å². The molecule has 0 saturated carbocycles. The topological polar surface area (TPSA) is 72.6 Å². The Bertz CT molecular complexity index is 513. The molecule has 0 spiro atoms. The second kappa shape index (κ2) is 5.90. The summed E-state index contributed by atoms with van der Waals surface area (Å²) in [7, 11) is 0. The number of rotatable bonds is 3. The lowest BCUT2D eigenvalue weighted by atomic mass is 10.0. The smallest absolute Gasteiger partial charge is 0.427 e. The van der Waals surface area contributed by atoms with Crippen molar-refractivity contribution in [1.82, 2.24) is 0 Å². The van der Waals surface area contributed by atoms with E-state index in [9.17, 15) is 36.2 Å². The number of hydrogen-bond acceptors (Lipinski definition) is 4. The minimum atomic E-state index is -5.35. The van der Waals surface area contributed by atoms with Crippen molar-refractivity contribution >= 4 is 5.97 Å². The first kappa shape index (κ1) is 17.2. The zero-order valence-electron chi connectivity index (χ0n) is 10.1. The number of hydrogen-bond donors (Lipinski definition) is 2. The Balaban J connectivity index is 2.88. The van der Waals surface area contributed by atoms with Gasteiger partial charge in [0.2, 0.25) is 6.29 Å². The number of aliphatic hydroxyl groups excluding tert-OH is 1. The summed E-state index contributed by atoms with van der Waals surface area (Å²) in [6, 6.07) is 1.49. The van der Waals surface area contributed by atoms with Gasteiger partial charge in [-0.05, 0) is 17.7 Å². The number of aliphatic hydroxyl groups is 1. The van der Waals surface area contributed by atoms with Crippen LogP contribution in [0.3, 0.4) is 0 Å². The van der Waals surface area contributed by atoms with Gasteiger partial charge in [-0.15, -0.1) is 0 Å². The number of carbonyl (C=O) groups excluding carboxylic acids is 1. The Kier molecular flexibility index (Phi) is 4.84. The Morgan fingerprint density at radius 2 is 1.76 bits per heavy atom. The third-order valence-corrected chi connectivity index (χ3v) is 2.37. The second-order valence-corrected chi connectivity index (χ2v) is 3.94. The van der Waals surface area contributed by atoms with Crippen molar-refractivity contribution in [2.75, 3.05) is 0 Å². The number of ether oxygens (including phenoxy) is 1. The van der Waals surface area contributed by atoms with Crippen LogP contribution in [0, 0.1) is 0 Å². The van der Waals surface area contributed by atoms with Crippen LogP contribution in [-0.2, 0) is 15.7 Å². The number of alkyl halides is 6. The largest absolute Gasteiger partial charge is 0.491 e. The molecule has 0 aliphatic carbocycles. The molecule has 2 unspecified atom stereocenters. The lowest BCUT2D eigenvalue weighted by Gasteiger charge is -2.20. The van der Waals surface area contributed by atoms with Crippen LogP contribution in [0.2, 0.25) is 0 Å². The molecular formula is C11H9F6NO3. The summed E-state index contributed by atoms with van der Waals surface area (Å²) in [5.74, 6) is -2.70. The zero-order chi connectivity index (χ0) is 16.4. The fourth-order valence-corrected chi connectivity index (χ4v) is 1.34. The van der Waals surface area contributed by atoms with Gasteiger partial charge >= 0.3 is 18.3 Å². The highest BCUT2D eigenvalue weighted by molar-refractivity contribution is 5.75. The van der Waals surface area contributed by atoms with E-state index < -0.39 is 36.2 Å². The van der Waals surface area contributed by atoms with E-state index in [1.54, 1.807) is 0 Å². The van der Waals surface area contributed by atoms with Gasteiger partial charge in [-0.25, -0.2) is 4.79 Å². The van der Waals surface area contributed by atoms with Crippen LogP contribution in [0.5, 0.6) is 0 Å². The molecule has 21 heavy (non-hydrogen) atoms. The quantitative estimate of drug-likeness (QED) is 0.509. The predicted octanol–water partition coefficient (Wildman–Crippen LogP) is 2.13. The maximum atomic E-state index is 12.5. The summed E-state index contributed by atoms with van der Waals surface area (Å²) in [6.07, 6.45) is -12.5. The third kappa shape index (κ3) is 4.60. The van der Waals surface area contributed by atoms with Crippen molar-refractivity contribution in [2.45, 2.75) is 24.7 Å². The number of nitrogens with two attached hydrogens (primary N) is 1. The van der Waals surface area contributed by atoms with Crippen LogP contribution in [0.1, 0.15) is 17.2 Å². The minimum Gasteiger partial charge on any atom is -0.427 e. The average Bonchev–Trinajstić information content (AvgIpc) is 2.35. The maximum Gasteiger partial charge on any atom is 0.491 e. The average molecular weight is 317 g/mol. The molecule has 0 saturated heterocycles. The Hall–Kier alpha value is -1.81. The SMILES string of the molecule is NC(c1cccc(C(F)(F)F)c1)C(O)OC(=O)C(F)(F)F. The first-order chi connectivity index (χ1) is 9.43. The van der Waals surface area contributed by atoms with Crippen molar-refractivity contribution < 1.29 is 41.0 Å². The minimum absolute atomic E-state index is 0.340. The molecule has 0 radical (unpaired) electrons. The molecule has 118 valence electrons. The highest BCUT2D eigenvalue weighted by Crippen LogP contribution is 2.31. The van der Waals surface area contributed by atoms with E-state index in [1.807, 2.05) is 0 Å². The highest BCUT2D eigenvalue weighted by Gasteiger charge is 2.43. The first-order valence-corrected chi connectivity index (χ1v) is 5.31. The van der Waals surface area contributed by atoms with Gasteiger partial charge in [0.25, 0.3) is 0 Å². The molecule has 0 aliphatic rings. The molecule has 2 atom stereocenters. The molecule has 0 aromatic heterocycles. The van der Waals surface area contributed by atoms with Crippen LogP contribution in [0.25, 0.3) is 0 Å². The van der Waals surface area contributed by atoms with E-state index in [1.165, 1.54) is 0 Å². The molecule has 0 bridgehead atoms. The molecule has 1 aromatic carbocycles. The standard InChI is InChI=1S/C11H9F6NO3/c12-10(13,14)6-3-1-2-5(4-6)7(18)8(19)21-9(20)11(15,16)17/h1-4,7-8,19H,18H2. The van der Waals surface area contributed by atoms with Crippen LogP contribution in [-0.4, -0.2) is 23.5 Å². The highest BCUT2D eigenvalue weighted by atomic mass is 19.4. The molecule has 0 amide bonds. The fraction of sp³-hybridized carbons (Fsp3) is 0.364. The van der Waals surface area contributed by atoms with E-state index >= 15 is 0 Å². The Labute approximate surface area is 114 Å². The van der Waals surface area contributed by atoms with Crippen LogP contribution >= 0.6 is 0 Å². The van der Waals surface area contributed by atoms with Crippen LogP contribution in [0.4, 0.5) is 26.3 Å². The van der Waals surface area contributed by atoms with Gasteiger partial charge in [-0.3, -0.25) is 0 Å². The van der Waals surface area contributed by atoms with Gasteiger partial charge in [0, 0.05) is 0 Å². The molecule has 3 N–H and O–H groups in total. The summed E-state index contributed by atoms with van der Waals surface area (Å²) in [5, 5.41) is 9.25. The van der Waals surface area contributed by atoms with Crippen molar-refractivity contribution in [3.63, 3.8) is 0 Å². The first-order valence-electron chi connectivity index (χ1n) is 5.31. The van der Waals surface area contributed by atoms with Gasteiger partial charge in [-0.1, -0.05) is 12.1 Å². The number of carbonyl (C=O) groups is 1. The summed E-state index contributed by atoms with van der Waals surface area (Å²) < 4.78 is 76.8. The summed E-state index contributed by atoms with van der Waals surface area (Å²) in [4.78, 5) is 10.5. The van der Waals surface area contributed by atoms with E-state index in [0.717, 1.165) is 12.1 Å². The maximum absolute atomic E-state index is 12.5. The molecule has 10 heteroatoms. The number of halogens is 6. The van der Waals surface area contributed by atoms with Gasteiger partial charge in [0.1, 0.15) is 0 Å². The molecule has 0 aliphatic heterocycles. The fourth-order valence-electron chi connectivity index (χ4n) is 1.34. The molecule has 1 aromatic rings. The van der Waals surface area contributed by atoms with Crippen molar-refractivity contribution in [3.05, 3.63) is 35.4 Å². The molecule has 4 nitrogen and oxygen atoms in total. The zero-order valence-corrected chi connectivity index (χ0v) is 10.1. The Morgan fingerprint density at radius 3 is 2.24 bits per heavy atom. The second-order valence-electron chi connectivity index (χ2n) is 3.94.